The molecule has 35 heavy (non-hydrogen) atoms. The summed E-state index contributed by atoms with van der Waals surface area (Å²) in [6.45, 7) is 1.13. The number of carbonyl (C=O) groups is 2. The van der Waals surface area contributed by atoms with Gasteiger partial charge in [0.2, 0.25) is 5.91 Å². The van der Waals surface area contributed by atoms with Crippen molar-refractivity contribution in [1.29, 1.82) is 0 Å². The van der Waals surface area contributed by atoms with Gasteiger partial charge in [0, 0.05) is 12.1 Å². The number of hydrogen-bond donors (Lipinski definition) is 3. The lowest BCUT2D eigenvalue weighted by molar-refractivity contribution is -0.137. The Hall–Kier alpha value is -3.07. The molecule has 1 heterocycles. The number of nitrogens with one attached hydrogen (secondary N) is 3. The molecule has 1 atom stereocenters. The van der Waals surface area contributed by atoms with E-state index in [0.717, 1.165) is 56.5 Å². The number of carbonyl (C=O) groups excluding carboxylic acids is 2. The number of benzene rings is 2. The molecule has 1 saturated carbocycles. The van der Waals surface area contributed by atoms with Crippen molar-refractivity contribution in [1.82, 2.24) is 16.0 Å². The molecule has 1 saturated heterocycles. The van der Waals surface area contributed by atoms with Crippen molar-refractivity contribution in [3.63, 3.8) is 0 Å². The molecular formula is C26H30F3N3O3. The molecule has 0 unspecified atom stereocenters. The van der Waals surface area contributed by atoms with Gasteiger partial charge in [-0.1, -0.05) is 24.3 Å². The van der Waals surface area contributed by atoms with Crippen LogP contribution < -0.4 is 20.7 Å². The minimum atomic E-state index is -4.54. The summed E-state index contributed by atoms with van der Waals surface area (Å²) >= 11 is 0. The highest BCUT2D eigenvalue weighted by Crippen LogP contribution is 2.37. The van der Waals surface area contributed by atoms with Gasteiger partial charge in [0.15, 0.2) is 0 Å². The van der Waals surface area contributed by atoms with Gasteiger partial charge in [-0.05, 0) is 74.9 Å². The third kappa shape index (κ3) is 6.33. The van der Waals surface area contributed by atoms with Gasteiger partial charge in [0.05, 0.1) is 23.8 Å². The minimum absolute atomic E-state index is 0.137. The molecule has 1 aliphatic carbocycles. The Morgan fingerprint density at radius 3 is 2.43 bits per heavy atom. The zero-order valence-corrected chi connectivity index (χ0v) is 19.4. The second-order valence-corrected chi connectivity index (χ2v) is 9.30. The van der Waals surface area contributed by atoms with Gasteiger partial charge in [-0.15, -0.1) is 0 Å². The highest BCUT2D eigenvalue weighted by molar-refractivity contribution is 5.96. The van der Waals surface area contributed by atoms with Crippen LogP contribution in [0.25, 0.3) is 0 Å². The highest BCUT2D eigenvalue weighted by Gasteiger charge is 2.44. The number of halogens is 3. The third-order valence-corrected chi connectivity index (χ3v) is 6.94. The van der Waals surface area contributed by atoms with Crippen LogP contribution in [0.15, 0.2) is 54.6 Å². The Labute approximate surface area is 202 Å². The van der Waals surface area contributed by atoms with Crippen molar-refractivity contribution in [2.24, 2.45) is 5.92 Å². The molecule has 2 fully saturated rings. The van der Waals surface area contributed by atoms with Crippen LogP contribution in [-0.4, -0.2) is 43.1 Å². The summed E-state index contributed by atoms with van der Waals surface area (Å²) in [6.07, 6.45) is -0.00275. The molecule has 0 bridgehead atoms. The maximum atomic E-state index is 12.9. The van der Waals surface area contributed by atoms with Crippen LogP contribution in [0.5, 0.6) is 5.75 Å². The molecule has 2 aromatic rings. The molecule has 0 aromatic heterocycles. The maximum absolute atomic E-state index is 12.9. The van der Waals surface area contributed by atoms with E-state index >= 15 is 0 Å². The van der Waals surface area contributed by atoms with Crippen LogP contribution in [0.1, 0.15) is 48.0 Å². The Bertz CT molecular complexity index is 1020. The molecule has 2 amide bonds. The van der Waals surface area contributed by atoms with Crippen LogP contribution in [-0.2, 0) is 11.0 Å². The number of para-hydroxylation sites is 1. The molecule has 4 rings (SSSR count). The fourth-order valence-electron chi connectivity index (χ4n) is 5.11. The lowest BCUT2D eigenvalue weighted by Crippen LogP contribution is -2.58. The Kier molecular flexibility index (Phi) is 7.64. The Balaban J connectivity index is 1.30. The summed E-state index contributed by atoms with van der Waals surface area (Å²) in [5.74, 6) is 0.0642. The smallest absolute Gasteiger partial charge is 0.416 e. The van der Waals surface area contributed by atoms with E-state index in [1.165, 1.54) is 12.1 Å². The zero-order valence-electron chi connectivity index (χ0n) is 19.4. The van der Waals surface area contributed by atoms with Crippen molar-refractivity contribution >= 4 is 11.8 Å². The van der Waals surface area contributed by atoms with Crippen LogP contribution in [0.4, 0.5) is 13.2 Å². The quantitative estimate of drug-likeness (QED) is 0.551. The van der Waals surface area contributed by atoms with Gasteiger partial charge < -0.3 is 20.7 Å². The minimum Gasteiger partial charge on any atom is -0.490 e. The monoisotopic (exact) mass is 489 g/mol. The van der Waals surface area contributed by atoms with E-state index in [1.54, 1.807) is 0 Å². The van der Waals surface area contributed by atoms with Gasteiger partial charge in [-0.2, -0.15) is 13.2 Å². The second-order valence-electron chi connectivity index (χ2n) is 9.30. The van der Waals surface area contributed by atoms with Gasteiger partial charge in [0.1, 0.15) is 5.75 Å². The maximum Gasteiger partial charge on any atom is 0.416 e. The van der Waals surface area contributed by atoms with E-state index in [4.69, 9.17) is 4.74 Å². The Morgan fingerprint density at radius 2 is 1.77 bits per heavy atom. The number of amides is 2. The van der Waals surface area contributed by atoms with Crippen LogP contribution in [0.3, 0.4) is 0 Å². The van der Waals surface area contributed by atoms with Crippen molar-refractivity contribution < 1.29 is 27.5 Å². The number of ether oxygens (including phenoxy) is 1. The summed E-state index contributed by atoms with van der Waals surface area (Å²) in [4.78, 5) is 25.1. The summed E-state index contributed by atoms with van der Waals surface area (Å²) in [5.41, 5.74) is -1.45. The average molecular weight is 490 g/mol. The molecule has 0 spiro atoms. The first-order chi connectivity index (χ1) is 16.7. The van der Waals surface area contributed by atoms with Crippen molar-refractivity contribution in [2.45, 2.75) is 49.9 Å². The SMILES string of the molecule is O=C(CNC(=O)c1cccc(C(F)(F)F)c1)N[C@@]1(C2CCC(Oc3ccccc3)CC2)CCNC1. The predicted molar refractivity (Wildman–Crippen MR) is 125 cm³/mol. The van der Waals surface area contributed by atoms with Gasteiger partial charge in [-0.25, -0.2) is 0 Å². The van der Waals surface area contributed by atoms with Crippen LogP contribution >= 0.6 is 0 Å². The third-order valence-electron chi connectivity index (χ3n) is 6.94. The molecule has 0 radical (unpaired) electrons. The molecule has 1 aliphatic heterocycles. The van der Waals surface area contributed by atoms with Crippen molar-refractivity contribution in [3.05, 3.63) is 65.7 Å². The highest BCUT2D eigenvalue weighted by atomic mass is 19.4. The lowest BCUT2D eigenvalue weighted by Gasteiger charge is -2.41. The standard InChI is InChI=1S/C26H30F3N3O3/c27-26(28,29)20-6-4-5-18(15-20)24(34)31-16-23(33)32-25(13-14-30-17-25)19-9-11-22(12-10-19)35-21-7-2-1-3-8-21/h1-8,15,19,22,30H,9-14,16-17H2,(H,31,34)(H,32,33)/t19?,22?,25-/m0/s1. The summed E-state index contributed by atoms with van der Waals surface area (Å²) in [7, 11) is 0. The fraction of sp³-hybridized carbons (Fsp3) is 0.462. The average Bonchev–Trinajstić information content (AvgIpc) is 3.32. The molecule has 188 valence electrons. The van der Waals surface area contributed by atoms with E-state index in [2.05, 4.69) is 16.0 Å². The lowest BCUT2D eigenvalue weighted by atomic mass is 9.73. The van der Waals surface area contributed by atoms with E-state index in [-0.39, 0.29) is 30.0 Å². The van der Waals surface area contributed by atoms with Gasteiger partial charge in [-0.3, -0.25) is 9.59 Å². The molecule has 6 nitrogen and oxygen atoms in total. The number of rotatable bonds is 7. The number of alkyl halides is 3. The molecule has 2 aliphatic rings. The number of hydrogen-bond acceptors (Lipinski definition) is 4. The van der Waals surface area contributed by atoms with Crippen LogP contribution in [0.2, 0.25) is 0 Å². The fourth-order valence-corrected chi connectivity index (χ4v) is 5.11. The topological polar surface area (TPSA) is 79.5 Å². The normalized spacial score (nSPS) is 24.5. The Morgan fingerprint density at radius 1 is 1.03 bits per heavy atom. The molecule has 3 N–H and O–H groups in total. The molecule has 9 heteroatoms. The van der Waals surface area contributed by atoms with E-state index in [1.807, 2.05) is 30.3 Å². The first-order valence-electron chi connectivity index (χ1n) is 11.9. The molecular weight excluding hydrogens is 459 g/mol. The van der Waals surface area contributed by atoms with Gasteiger partial charge >= 0.3 is 6.18 Å². The van der Waals surface area contributed by atoms with Crippen molar-refractivity contribution in [2.75, 3.05) is 19.6 Å². The van der Waals surface area contributed by atoms with E-state index in [9.17, 15) is 22.8 Å². The molecule has 2 aromatic carbocycles. The summed E-state index contributed by atoms with van der Waals surface area (Å²) in [5, 5.41) is 8.92. The first-order valence-corrected chi connectivity index (χ1v) is 11.9. The zero-order chi connectivity index (χ0) is 24.9. The van der Waals surface area contributed by atoms with Crippen LogP contribution in [0, 0.1) is 5.92 Å². The second kappa shape index (κ2) is 10.7. The predicted octanol–water partition coefficient (Wildman–Crippen LogP) is 3.92. The van der Waals surface area contributed by atoms with Gasteiger partial charge in [0.25, 0.3) is 5.91 Å². The summed E-state index contributed by atoms with van der Waals surface area (Å²) in [6, 6.07) is 13.9. The summed E-state index contributed by atoms with van der Waals surface area (Å²) < 4.78 is 44.8. The van der Waals surface area contributed by atoms with Crippen molar-refractivity contribution in [3.8, 4) is 5.75 Å². The van der Waals surface area contributed by atoms with E-state index < -0.39 is 23.2 Å². The first kappa shape index (κ1) is 25.0. The largest absolute Gasteiger partial charge is 0.490 e. The van der Waals surface area contributed by atoms with E-state index in [0.29, 0.717) is 6.54 Å².